The summed E-state index contributed by atoms with van der Waals surface area (Å²) in [5.74, 6) is -2.28. The zero-order valence-corrected chi connectivity index (χ0v) is 25.4. The normalized spacial score (nSPS) is 15.6. The minimum absolute atomic E-state index is 0.108. The zero-order valence-electron chi connectivity index (χ0n) is 24.6. The number of ketones is 1. The van der Waals surface area contributed by atoms with Gasteiger partial charge < -0.3 is 14.9 Å². The van der Waals surface area contributed by atoms with E-state index in [0.29, 0.717) is 25.2 Å². The van der Waals surface area contributed by atoms with Gasteiger partial charge >= 0.3 is 11.9 Å². The molecule has 2 N–H and O–H groups in total. The first-order valence-electron chi connectivity index (χ1n) is 14.3. The van der Waals surface area contributed by atoms with Crippen LogP contribution in [0.25, 0.3) is 10.4 Å². The Hall–Kier alpha value is -3.59. The molecule has 1 saturated heterocycles. The third kappa shape index (κ3) is 11.0. The standard InChI is InChI=1S/C30H37NO2S.C4H4O4/c1-30(2,3)26-17-15-24(16-18-26)27(32)8-6-20-31-19-5-4-10-29(31)33-22-23-11-13-25(14-12-23)28-9-7-21-34-28;5-3(6)1-2-4(7)8/h7,9,11-18,21,29H,4-6,8,10,19-20,22H2,1-3H3;1-2H,(H,5,6)(H,7,8)/b;2-1+. The van der Waals surface area contributed by atoms with Crippen LogP contribution in [0, 0.1) is 0 Å². The van der Waals surface area contributed by atoms with Crippen molar-refractivity contribution in [2.75, 3.05) is 13.1 Å². The van der Waals surface area contributed by atoms with Crippen LogP contribution in [-0.4, -0.2) is 52.2 Å². The van der Waals surface area contributed by atoms with E-state index in [0.717, 1.165) is 31.5 Å². The van der Waals surface area contributed by atoms with E-state index in [9.17, 15) is 14.4 Å². The fourth-order valence-corrected chi connectivity index (χ4v) is 5.42. The molecule has 1 aromatic heterocycles. The van der Waals surface area contributed by atoms with Crippen LogP contribution < -0.4 is 0 Å². The fraction of sp³-hybridized carbons (Fsp3) is 0.382. The van der Waals surface area contributed by atoms with Gasteiger partial charge in [0.2, 0.25) is 0 Å². The van der Waals surface area contributed by atoms with Crippen LogP contribution in [0.4, 0.5) is 0 Å². The van der Waals surface area contributed by atoms with Gasteiger partial charge in [-0.05, 0) is 59.2 Å². The summed E-state index contributed by atoms with van der Waals surface area (Å²) >= 11 is 1.77. The van der Waals surface area contributed by atoms with Gasteiger partial charge in [-0.1, -0.05) is 75.4 Å². The average Bonchev–Trinajstić information content (AvgIpc) is 3.51. The molecule has 0 spiro atoms. The summed E-state index contributed by atoms with van der Waals surface area (Å²) in [6.07, 6.45) is 6.19. The topological polar surface area (TPSA) is 104 Å². The number of rotatable bonds is 11. The number of carboxylic acids is 2. The number of hydrogen-bond donors (Lipinski definition) is 2. The second kappa shape index (κ2) is 16.2. The highest BCUT2D eigenvalue weighted by Crippen LogP contribution is 2.26. The maximum atomic E-state index is 12.7. The number of nitrogens with zero attached hydrogens (tertiary/aromatic N) is 1. The number of benzene rings is 2. The molecule has 0 radical (unpaired) electrons. The Labute approximate surface area is 252 Å². The summed E-state index contributed by atoms with van der Waals surface area (Å²) in [7, 11) is 0. The molecule has 4 rings (SSSR count). The lowest BCUT2D eigenvalue weighted by Gasteiger charge is -2.35. The van der Waals surface area contributed by atoms with Crippen molar-refractivity contribution < 1.29 is 29.3 Å². The first kappa shape index (κ1) is 32.9. The summed E-state index contributed by atoms with van der Waals surface area (Å²) in [6, 6.07) is 21.1. The van der Waals surface area contributed by atoms with E-state index in [1.165, 1.54) is 34.4 Å². The van der Waals surface area contributed by atoms with E-state index in [1.54, 1.807) is 11.3 Å². The molecule has 1 aliphatic rings. The van der Waals surface area contributed by atoms with Gasteiger partial charge in [0, 0.05) is 42.1 Å². The molecule has 1 unspecified atom stereocenters. The molecule has 0 aliphatic carbocycles. The Kier molecular flexibility index (Phi) is 12.7. The molecule has 2 heterocycles. The van der Waals surface area contributed by atoms with Crippen molar-refractivity contribution in [2.24, 2.45) is 0 Å². The van der Waals surface area contributed by atoms with E-state index in [-0.39, 0.29) is 17.4 Å². The monoisotopic (exact) mass is 591 g/mol. The first-order chi connectivity index (χ1) is 20.0. The number of carbonyl (C=O) groups is 3. The molecular formula is C34H41NO6S. The van der Waals surface area contributed by atoms with Gasteiger partial charge in [0.05, 0.1) is 6.61 Å². The number of piperidine rings is 1. The molecule has 7 nitrogen and oxygen atoms in total. The van der Waals surface area contributed by atoms with Crippen LogP contribution in [0.15, 0.2) is 78.2 Å². The molecule has 1 aliphatic heterocycles. The van der Waals surface area contributed by atoms with Gasteiger partial charge in [-0.3, -0.25) is 9.69 Å². The maximum absolute atomic E-state index is 12.7. The molecular weight excluding hydrogens is 550 g/mol. The van der Waals surface area contributed by atoms with Gasteiger partial charge in [0.25, 0.3) is 0 Å². The molecule has 0 bridgehead atoms. The van der Waals surface area contributed by atoms with Crippen molar-refractivity contribution >= 4 is 29.1 Å². The lowest BCUT2D eigenvalue weighted by molar-refractivity contribution is -0.134. The van der Waals surface area contributed by atoms with Crippen molar-refractivity contribution in [3.05, 3.63) is 94.9 Å². The SMILES string of the molecule is CC(C)(C)c1ccc(C(=O)CCCN2CCCCC2OCc2ccc(-c3cccs3)cc2)cc1.O=C(O)/C=C/C(=O)O. The molecule has 1 atom stereocenters. The number of hydrogen-bond acceptors (Lipinski definition) is 6. The fourth-order valence-electron chi connectivity index (χ4n) is 4.69. The predicted octanol–water partition coefficient (Wildman–Crippen LogP) is 7.42. The van der Waals surface area contributed by atoms with Crippen LogP contribution in [0.1, 0.15) is 74.4 Å². The first-order valence-corrected chi connectivity index (χ1v) is 15.2. The van der Waals surface area contributed by atoms with Crippen molar-refractivity contribution in [1.29, 1.82) is 0 Å². The smallest absolute Gasteiger partial charge is 0.328 e. The predicted molar refractivity (Wildman–Crippen MR) is 167 cm³/mol. The summed E-state index contributed by atoms with van der Waals surface area (Å²) < 4.78 is 6.34. The second-order valence-corrected chi connectivity index (χ2v) is 12.3. The Morgan fingerprint density at radius 2 is 1.62 bits per heavy atom. The van der Waals surface area contributed by atoms with Crippen molar-refractivity contribution in [2.45, 2.75) is 71.1 Å². The molecule has 2 aromatic carbocycles. The number of aliphatic carboxylic acids is 2. The van der Waals surface area contributed by atoms with Gasteiger partial charge in [-0.25, -0.2) is 9.59 Å². The summed E-state index contributed by atoms with van der Waals surface area (Å²) in [6.45, 7) is 9.18. The van der Waals surface area contributed by atoms with Crippen LogP contribution in [0.2, 0.25) is 0 Å². The van der Waals surface area contributed by atoms with E-state index in [4.69, 9.17) is 14.9 Å². The van der Waals surface area contributed by atoms with Gasteiger partial charge in [0.1, 0.15) is 6.23 Å². The number of thiophene rings is 1. The minimum atomic E-state index is -1.26. The summed E-state index contributed by atoms with van der Waals surface area (Å²) in [5, 5.41) is 17.7. The molecule has 8 heteroatoms. The van der Waals surface area contributed by atoms with E-state index >= 15 is 0 Å². The van der Waals surface area contributed by atoms with Crippen molar-refractivity contribution in [3.63, 3.8) is 0 Å². The average molecular weight is 592 g/mol. The second-order valence-electron chi connectivity index (χ2n) is 11.3. The number of carbonyl (C=O) groups excluding carboxylic acids is 1. The van der Waals surface area contributed by atoms with E-state index in [2.05, 4.69) is 79.6 Å². The quantitative estimate of drug-likeness (QED) is 0.177. The van der Waals surface area contributed by atoms with Crippen LogP contribution in [-0.2, 0) is 26.3 Å². The van der Waals surface area contributed by atoms with Crippen LogP contribution in [0.5, 0.6) is 0 Å². The van der Waals surface area contributed by atoms with Gasteiger partial charge in [-0.2, -0.15) is 0 Å². The third-order valence-electron chi connectivity index (χ3n) is 7.05. The Morgan fingerprint density at radius 1 is 0.952 bits per heavy atom. The number of Topliss-reactive ketones (excluding diaryl/α,β-unsaturated/α-hetero) is 1. The largest absolute Gasteiger partial charge is 0.478 e. The van der Waals surface area contributed by atoms with Crippen LogP contribution in [0.3, 0.4) is 0 Å². The lowest BCUT2D eigenvalue weighted by Crippen LogP contribution is -2.41. The molecule has 0 saturated carbocycles. The Morgan fingerprint density at radius 3 is 2.19 bits per heavy atom. The Bertz CT molecular complexity index is 1290. The molecule has 42 heavy (non-hydrogen) atoms. The highest BCUT2D eigenvalue weighted by atomic mass is 32.1. The lowest BCUT2D eigenvalue weighted by atomic mass is 9.86. The van der Waals surface area contributed by atoms with Gasteiger partial charge in [0.15, 0.2) is 5.78 Å². The summed E-state index contributed by atoms with van der Waals surface area (Å²) in [5.41, 5.74) is 4.66. The van der Waals surface area contributed by atoms with E-state index < -0.39 is 11.9 Å². The minimum Gasteiger partial charge on any atom is -0.478 e. The number of carboxylic acid groups (broad SMARTS) is 2. The Balaban J connectivity index is 0.000000531. The summed E-state index contributed by atoms with van der Waals surface area (Å²) in [4.78, 5) is 35.5. The zero-order chi connectivity index (χ0) is 30.5. The highest BCUT2D eigenvalue weighted by molar-refractivity contribution is 7.13. The van der Waals surface area contributed by atoms with Crippen LogP contribution >= 0.6 is 11.3 Å². The van der Waals surface area contributed by atoms with Crippen molar-refractivity contribution in [3.8, 4) is 10.4 Å². The van der Waals surface area contributed by atoms with Gasteiger partial charge in [-0.15, -0.1) is 11.3 Å². The number of likely N-dealkylation sites (tertiary alicyclic amines) is 1. The van der Waals surface area contributed by atoms with Crippen molar-refractivity contribution in [1.82, 2.24) is 4.90 Å². The van der Waals surface area contributed by atoms with E-state index in [1.807, 2.05) is 12.1 Å². The maximum Gasteiger partial charge on any atom is 0.328 e. The molecule has 0 amide bonds. The molecule has 1 fully saturated rings. The number of ether oxygens (including phenoxy) is 1. The molecule has 3 aromatic rings. The molecule has 224 valence electrons. The highest BCUT2D eigenvalue weighted by Gasteiger charge is 2.23. The third-order valence-corrected chi connectivity index (χ3v) is 7.97.